The van der Waals surface area contributed by atoms with Crippen LogP contribution in [-0.2, 0) is 16.2 Å². The number of benzene rings is 4. The Morgan fingerprint density at radius 3 is 2.22 bits per heavy atom. The Kier molecular flexibility index (Phi) is 11.4. The van der Waals surface area contributed by atoms with Crippen LogP contribution in [0, 0.1) is 5.82 Å². The van der Waals surface area contributed by atoms with Gasteiger partial charge >= 0.3 is 6.18 Å². The van der Waals surface area contributed by atoms with Crippen molar-refractivity contribution in [2.45, 2.75) is 16.0 Å². The Morgan fingerprint density at radius 2 is 1.56 bits per heavy atom. The predicted octanol–water partition coefficient (Wildman–Crippen LogP) is 6.90. The Morgan fingerprint density at radius 1 is 0.852 bits per heavy atom. The van der Waals surface area contributed by atoms with Gasteiger partial charge in [-0.05, 0) is 72.8 Å². The average Bonchev–Trinajstić information content (AvgIpc) is 3.16. The molecule has 0 unspecified atom stereocenters. The first-order chi connectivity index (χ1) is 25.8. The third kappa shape index (κ3) is 9.12. The molecule has 0 aliphatic carbocycles. The van der Waals surface area contributed by atoms with E-state index in [1.54, 1.807) is 17.0 Å². The number of amides is 2. The van der Waals surface area contributed by atoms with Crippen molar-refractivity contribution in [3.8, 4) is 16.9 Å². The lowest BCUT2D eigenvalue weighted by Gasteiger charge is -2.36. The van der Waals surface area contributed by atoms with Gasteiger partial charge < -0.3 is 20.2 Å². The van der Waals surface area contributed by atoms with E-state index in [1.807, 2.05) is 40.0 Å². The molecule has 0 atom stereocenters. The van der Waals surface area contributed by atoms with Gasteiger partial charge in [0.15, 0.2) is 0 Å². The molecule has 3 N–H and O–H groups in total. The zero-order valence-corrected chi connectivity index (χ0v) is 30.0. The minimum absolute atomic E-state index is 0.0339. The number of hydrogen-bond donors (Lipinski definition) is 3. The second kappa shape index (κ2) is 16.2. The highest BCUT2D eigenvalue weighted by Crippen LogP contribution is 2.36. The molecular weight excluding hydrogens is 747 g/mol. The number of alkyl halides is 3. The van der Waals surface area contributed by atoms with Gasteiger partial charge in [-0.15, -0.1) is 11.8 Å². The Labute approximate surface area is 312 Å². The second-order valence-electron chi connectivity index (χ2n) is 12.2. The van der Waals surface area contributed by atoms with Crippen LogP contribution in [0.2, 0.25) is 0 Å². The van der Waals surface area contributed by atoms with E-state index in [1.165, 1.54) is 54.5 Å². The monoisotopic (exact) mass is 779 g/mol. The first-order valence-electron chi connectivity index (χ1n) is 16.6. The Hall–Kier alpha value is -5.61. The van der Waals surface area contributed by atoms with Gasteiger partial charge in [-0.2, -0.15) is 13.2 Å². The molecule has 0 bridgehead atoms. The summed E-state index contributed by atoms with van der Waals surface area (Å²) in [6, 6.07) is 23.3. The van der Waals surface area contributed by atoms with Crippen LogP contribution in [0.25, 0.3) is 11.1 Å². The summed E-state index contributed by atoms with van der Waals surface area (Å²) in [5.74, 6) is -1.66. The van der Waals surface area contributed by atoms with E-state index in [0.717, 1.165) is 23.1 Å². The zero-order chi connectivity index (χ0) is 38.5. The highest BCUT2D eigenvalue weighted by atomic mass is 32.2. The van der Waals surface area contributed by atoms with Crippen molar-refractivity contribution >= 4 is 45.0 Å². The number of thioether (sulfide) groups is 1. The molecule has 54 heavy (non-hydrogen) atoms. The number of nitrogens with one attached hydrogen (secondary N) is 2. The summed E-state index contributed by atoms with van der Waals surface area (Å²) in [4.78, 5) is 33.7. The molecule has 10 nitrogen and oxygen atoms in total. The molecule has 1 aliphatic heterocycles. The summed E-state index contributed by atoms with van der Waals surface area (Å²) in [6.07, 6.45) is -2.23. The topological polar surface area (TPSA) is 132 Å². The molecule has 0 saturated carbocycles. The zero-order valence-electron chi connectivity index (χ0n) is 28.4. The number of pyridine rings is 1. The maximum Gasteiger partial charge on any atom is 0.418 e. The van der Waals surface area contributed by atoms with Crippen molar-refractivity contribution in [1.29, 1.82) is 0 Å². The summed E-state index contributed by atoms with van der Waals surface area (Å²) in [5, 5.41) is 12.4. The van der Waals surface area contributed by atoms with Gasteiger partial charge in [0, 0.05) is 83.2 Å². The third-order valence-electron chi connectivity index (χ3n) is 8.58. The van der Waals surface area contributed by atoms with Crippen molar-refractivity contribution in [1.82, 2.24) is 14.6 Å². The fourth-order valence-corrected chi connectivity index (χ4v) is 7.61. The number of sulfonamides is 1. The first kappa shape index (κ1) is 38.1. The number of piperazine rings is 1. The van der Waals surface area contributed by atoms with Crippen molar-refractivity contribution in [3.05, 3.63) is 132 Å². The van der Waals surface area contributed by atoms with Gasteiger partial charge in [-0.25, -0.2) is 17.5 Å². The Balaban J connectivity index is 1.04. The number of rotatable bonds is 11. The lowest BCUT2D eigenvalue weighted by Crippen LogP contribution is -2.48. The van der Waals surface area contributed by atoms with Crippen LogP contribution in [0.5, 0.6) is 5.75 Å². The molecule has 1 saturated heterocycles. The highest BCUT2D eigenvalue weighted by molar-refractivity contribution is 7.99. The molecule has 1 aromatic heterocycles. The average molecular weight is 780 g/mol. The van der Waals surface area contributed by atoms with E-state index in [4.69, 9.17) is 0 Å². The molecule has 6 rings (SSSR count). The lowest BCUT2D eigenvalue weighted by molar-refractivity contribution is -0.137. The number of aromatic hydroxyl groups is 1. The molecule has 5 aromatic rings. The number of nitrogens with zero attached hydrogens (tertiary/aromatic N) is 3. The SMILES string of the molecule is O=C(NS(=O)(=O)c1ccc(NCCSc2ccccc2)c(C(F)(F)F)c1)c1ccc(N2CCN(C(=O)c3ccc(-c4cncc(O)c4)c(F)c3)CC2)cc1. The predicted molar refractivity (Wildman–Crippen MR) is 198 cm³/mol. The van der Waals surface area contributed by atoms with Crippen molar-refractivity contribution in [3.63, 3.8) is 0 Å². The quantitative estimate of drug-likeness (QED) is 0.0745. The number of anilines is 2. The van der Waals surface area contributed by atoms with Gasteiger partial charge in [-0.1, -0.05) is 24.3 Å². The normalized spacial score (nSPS) is 13.4. The highest BCUT2D eigenvalue weighted by Gasteiger charge is 2.35. The van der Waals surface area contributed by atoms with Crippen molar-refractivity contribution in [2.75, 3.05) is 48.7 Å². The van der Waals surface area contributed by atoms with E-state index in [-0.39, 0.29) is 40.6 Å². The van der Waals surface area contributed by atoms with Crippen LogP contribution in [0.15, 0.2) is 119 Å². The largest absolute Gasteiger partial charge is 0.506 e. The summed E-state index contributed by atoms with van der Waals surface area (Å²) in [7, 11) is -4.67. The van der Waals surface area contributed by atoms with E-state index in [0.29, 0.717) is 49.2 Å². The van der Waals surface area contributed by atoms with Gasteiger partial charge in [0.2, 0.25) is 0 Å². The molecule has 0 spiro atoms. The summed E-state index contributed by atoms with van der Waals surface area (Å²) in [6.45, 7) is 1.66. The molecule has 280 valence electrons. The number of carbonyl (C=O) groups excluding carboxylic acids is 2. The minimum atomic E-state index is -4.87. The first-order valence-corrected chi connectivity index (χ1v) is 19.0. The molecule has 0 radical (unpaired) electrons. The standard InChI is InChI=1S/C38H33F4N5O5S2/c39-34-21-26(8-12-32(34)27-20-29(48)24-43-23-27)37(50)47-17-15-46(16-18-47)28-9-6-25(7-10-28)36(49)45-54(51,52)31-11-13-35(33(22-31)38(40,41)42)44-14-19-53-30-4-2-1-3-5-30/h1-13,20-24,44,48H,14-19H2,(H,45,49). The van der Waals surface area contributed by atoms with Crippen LogP contribution in [0.3, 0.4) is 0 Å². The van der Waals surface area contributed by atoms with Crippen LogP contribution in [0.1, 0.15) is 26.3 Å². The maximum absolute atomic E-state index is 14.9. The minimum Gasteiger partial charge on any atom is -0.506 e. The van der Waals surface area contributed by atoms with E-state index >= 15 is 0 Å². The molecule has 2 amide bonds. The van der Waals surface area contributed by atoms with Gasteiger partial charge in [0.25, 0.3) is 21.8 Å². The van der Waals surface area contributed by atoms with Crippen molar-refractivity contribution < 1.29 is 40.7 Å². The van der Waals surface area contributed by atoms with Gasteiger partial charge in [0.1, 0.15) is 11.6 Å². The molecular formula is C38H33F4N5O5S2. The fraction of sp³-hybridized carbons (Fsp3) is 0.184. The number of hydrogen-bond acceptors (Lipinski definition) is 9. The van der Waals surface area contributed by atoms with E-state index in [2.05, 4.69) is 10.3 Å². The number of carbonyl (C=O) groups is 2. The fourth-order valence-electron chi connectivity index (χ4n) is 5.82. The summed E-state index contributed by atoms with van der Waals surface area (Å²) < 4.78 is 84.8. The Bertz CT molecular complexity index is 2250. The lowest BCUT2D eigenvalue weighted by atomic mass is 10.0. The van der Waals surface area contributed by atoms with E-state index in [9.17, 15) is 40.7 Å². The van der Waals surface area contributed by atoms with Crippen LogP contribution in [0.4, 0.5) is 28.9 Å². The number of halogens is 4. The summed E-state index contributed by atoms with van der Waals surface area (Å²) >= 11 is 1.45. The smallest absolute Gasteiger partial charge is 0.418 e. The van der Waals surface area contributed by atoms with Gasteiger partial charge in [0.05, 0.1) is 16.7 Å². The molecule has 4 aromatic carbocycles. The van der Waals surface area contributed by atoms with Crippen LogP contribution < -0.4 is 14.9 Å². The second-order valence-corrected chi connectivity index (χ2v) is 15.0. The molecule has 1 fully saturated rings. The van der Waals surface area contributed by atoms with Gasteiger partial charge in [-0.3, -0.25) is 14.6 Å². The van der Waals surface area contributed by atoms with Crippen LogP contribution in [-0.4, -0.2) is 73.7 Å². The molecule has 2 heterocycles. The third-order valence-corrected chi connectivity index (χ3v) is 10.9. The molecule has 16 heteroatoms. The number of aromatic nitrogens is 1. The molecule has 1 aliphatic rings. The summed E-state index contributed by atoms with van der Waals surface area (Å²) in [5.41, 5.74) is -0.0791. The van der Waals surface area contributed by atoms with Crippen LogP contribution >= 0.6 is 11.8 Å². The maximum atomic E-state index is 14.9. The van der Waals surface area contributed by atoms with Crippen molar-refractivity contribution in [2.24, 2.45) is 0 Å². The van der Waals surface area contributed by atoms with E-state index < -0.39 is 38.4 Å².